The molecular formula is C14H19BrN2O2. The lowest BCUT2D eigenvalue weighted by molar-refractivity contribution is 0.0948. The lowest BCUT2D eigenvalue weighted by Crippen LogP contribution is -2.27. The van der Waals surface area contributed by atoms with E-state index in [1.807, 2.05) is 60.4 Å². The number of benzene rings is 1. The third kappa shape index (κ3) is 4.28. The largest absolute Gasteiger partial charge is 0.494 e. The molecule has 0 saturated heterocycles. The Hall–Kier alpha value is -1.49. The first kappa shape index (κ1) is 15.6. The molecule has 1 aromatic carbocycles. The SMILES string of the molecule is Br.CCOc1ccc(C(=O)CN2C=CN(C)C2)cc1. The van der Waals surface area contributed by atoms with Crippen molar-refractivity contribution < 1.29 is 9.53 Å². The summed E-state index contributed by atoms with van der Waals surface area (Å²) in [6.07, 6.45) is 3.90. The summed E-state index contributed by atoms with van der Waals surface area (Å²) in [5, 5.41) is 0. The van der Waals surface area contributed by atoms with Crippen LogP contribution in [-0.4, -0.2) is 42.5 Å². The molecule has 2 rings (SSSR count). The van der Waals surface area contributed by atoms with Crippen LogP contribution in [0.3, 0.4) is 0 Å². The van der Waals surface area contributed by atoms with E-state index in [0.29, 0.717) is 13.2 Å². The molecule has 0 fully saturated rings. The normalized spacial score (nSPS) is 13.4. The van der Waals surface area contributed by atoms with Crippen LogP contribution in [0.5, 0.6) is 5.75 Å². The van der Waals surface area contributed by atoms with Crippen molar-refractivity contribution >= 4 is 22.8 Å². The molecule has 1 aromatic rings. The third-order valence-electron chi connectivity index (χ3n) is 2.77. The number of rotatable bonds is 5. The van der Waals surface area contributed by atoms with Crippen LogP contribution < -0.4 is 4.74 Å². The van der Waals surface area contributed by atoms with Crippen LogP contribution in [0.25, 0.3) is 0 Å². The number of ether oxygens (including phenoxy) is 1. The van der Waals surface area contributed by atoms with Crippen LogP contribution in [0, 0.1) is 0 Å². The third-order valence-corrected chi connectivity index (χ3v) is 2.77. The summed E-state index contributed by atoms with van der Waals surface area (Å²) in [5.74, 6) is 0.924. The highest BCUT2D eigenvalue weighted by Crippen LogP contribution is 2.13. The molecule has 4 nitrogen and oxygen atoms in total. The average Bonchev–Trinajstić information content (AvgIpc) is 2.76. The molecular weight excluding hydrogens is 308 g/mol. The number of halogens is 1. The minimum Gasteiger partial charge on any atom is -0.494 e. The van der Waals surface area contributed by atoms with Gasteiger partial charge in [-0.25, -0.2) is 0 Å². The first-order valence-electron chi connectivity index (χ1n) is 6.07. The molecule has 1 aliphatic heterocycles. The predicted octanol–water partition coefficient (Wildman–Crippen LogP) is 2.52. The molecule has 0 amide bonds. The Bertz CT molecular complexity index is 445. The van der Waals surface area contributed by atoms with Gasteiger partial charge in [0.25, 0.3) is 0 Å². The van der Waals surface area contributed by atoms with Gasteiger partial charge in [-0.05, 0) is 31.2 Å². The number of hydrogen-bond acceptors (Lipinski definition) is 4. The van der Waals surface area contributed by atoms with Crippen molar-refractivity contribution in [2.75, 3.05) is 26.9 Å². The molecule has 1 heterocycles. The molecule has 0 unspecified atom stereocenters. The maximum atomic E-state index is 12.0. The maximum absolute atomic E-state index is 12.0. The Labute approximate surface area is 124 Å². The monoisotopic (exact) mass is 326 g/mol. The summed E-state index contributed by atoms with van der Waals surface area (Å²) in [7, 11) is 1.98. The standard InChI is InChI=1S/C14H18N2O2.BrH/c1-3-18-13-6-4-12(5-7-13)14(17)10-16-9-8-15(2)11-16;/h4-9H,3,10-11H2,1-2H3;1H. The molecule has 19 heavy (non-hydrogen) atoms. The molecule has 0 radical (unpaired) electrons. The zero-order valence-corrected chi connectivity index (χ0v) is 12.9. The van der Waals surface area contributed by atoms with Gasteiger partial charge in [-0.1, -0.05) is 0 Å². The van der Waals surface area contributed by atoms with Gasteiger partial charge in [0.1, 0.15) is 5.75 Å². The highest BCUT2D eigenvalue weighted by Gasteiger charge is 2.13. The Morgan fingerprint density at radius 2 is 1.95 bits per heavy atom. The van der Waals surface area contributed by atoms with E-state index in [1.165, 1.54) is 0 Å². The fourth-order valence-electron chi connectivity index (χ4n) is 1.87. The van der Waals surface area contributed by atoms with Gasteiger partial charge in [0.2, 0.25) is 0 Å². The van der Waals surface area contributed by atoms with E-state index in [4.69, 9.17) is 4.74 Å². The molecule has 0 aromatic heterocycles. The quantitative estimate of drug-likeness (QED) is 0.778. The second-order valence-corrected chi connectivity index (χ2v) is 4.32. The number of hydrogen-bond donors (Lipinski definition) is 0. The van der Waals surface area contributed by atoms with Gasteiger partial charge >= 0.3 is 0 Å². The van der Waals surface area contributed by atoms with Crippen LogP contribution in [-0.2, 0) is 0 Å². The molecule has 1 aliphatic rings. The molecule has 0 atom stereocenters. The zero-order chi connectivity index (χ0) is 13.0. The summed E-state index contributed by atoms with van der Waals surface area (Å²) in [4.78, 5) is 16.1. The Morgan fingerprint density at radius 3 is 2.47 bits per heavy atom. The molecule has 0 bridgehead atoms. The summed E-state index contributed by atoms with van der Waals surface area (Å²) < 4.78 is 5.35. The molecule has 104 valence electrons. The first-order chi connectivity index (χ1) is 8.69. The topological polar surface area (TPSA) is 32.8 Å². The number of Topliss-reactive ketones (excluding diaryl/α,β-unsaturated/α-hetero) is 1. The van der Waals surface area contributed by atoms with E-state index >= 15 is 0 Å². The van der Waals surface area contributed by atoms with Crippen LogP contribution >= 0.6 is 17.0 Å². The lowest BCUT2D eigenvalue weighted by Gasteiger charge is -2.17. The highest BCUT2D eigenvalue weighted by molar-refractivity contribution is 8.93. The zero-order valence-electron chi connectivity index (χ0n) is 11.2. The first-order valence-corrected chi connectivity index (χ1v) is 6.07. The minimum atomic E-state index is 0. The highest BCUT2D eigenvalue weighted by atomic mass is 79.9. The summed E-state index contributed by atoms with van der Waals surface area (Å²) >= 11 is 0. The molecule has 0 N–H and O–H groups in total. The summed E-state index contributed by atoms with van der Waals surface area (Å²) in [6, 6.07) is 7.30. The van der Waals surface area contributed by atoms with Crippen molar-refractivity contribution in [3.63, 3.8) is 0 Å². The lowest BCUT2D eigenvalue weighted by atomic mass is 10.1. The predicted molar refractivity (Wildman–Crippen MR) is 80.7 cm³/mol. The van der Waals surface area contributed by atoms with Gasteiger partial charge in [0.15, 0.2) is 5.78 Å². The van der Waals surface area contributed by atoms with Gasteiger partial charge < -0.3 is 14.5 Å². The Morgan fingerprint density at radius 1 is 1.26 bits per heavy atom. The maximum Gasteiger partial charge on any atom is 0.182 e. The van der Waals surface area contributed by atoms with E-state index in [-0.39, 0.29) is 22.8 Å². The van der Waals surface area contributed by atoms with E-state index in [1.54, 1.807) is 0 Å². The van der Waals surface area contributed by atoms with Crippen LogP contribution in [0.2, 0.25) is 0 Å². The van der Waals surface area contributed by atoms with Gasteiger partial charge in [0, 0.05) is 25.0 Å². The Kier molecular flexibility index (Phi) is 5.89. The summed E-state index contributed by atoms with van der Waals surface area (Å²) in [5.41, 5.74) is 0.724. The number of carbonyl (C=O) groups is 1. The van der Waals surface area contributed by atoms with Gasteiger partial charge in [0.05, 0.1) is 19.8 Å². The molecule has 0 aliphatic carbocycles. The van der Waals surface area contributed by atoms with Crippen molar-refractivity contribution in [2.24, 2.45) is 0 Å². The van der Waals surface area contributed by atoms with Crippen LogP contribution in [0.15, 0.2) is 36.7 Å². The average molecular weight is 327 g/mol. The van der Waals surface area contributed by atoms with Crippen molar-refractivity contribution in [1.29, 1.82) is 0 Å². The van der Waals surface area contributed by atoms with Gasteiger partial charge in [-0.3, -0.25) is 4.79 Å². The fourth-order valence-corrected chi connectivity index (χ4v) is 1.87. The van der Waals surface area contributed by atoms with E-state index in [2.05, 4.69) is 0 Å². The fraction of sp³-hybridized carbons (Fsp3) is 0.357. The van der Waals surface area contributed by atoms with E-state index in [0.717, 1.165) is 18.0 Å². The van der Waals surface area contributed by atoms with Crippen molar-refractivity contribution in [1.82, 2.24) is 9.80 Å². The molecule has 5 heteroatoms. The van der Waals surface area contributed by atoms with Crippen LogP contribution in [0.1, 0.15) is 17.3 Å². The second kappa shape index (κ2) is 7.19. The van der Waals surface area contributed by atoms with Crippen LogP contribution in [0.4, 0.5) is 0 Å². The Balaban J connectivity index is 0.00000180. The smallest absolute Gasteiger partial charge is 0.182 e. The molecule has 0 saturated carbocycles. The van der Waals surface area contributed by atoms with Crippen molar-refractivity contribution in [3.05, 3.63) is 42.2 Å². The van der Waals surface area contributed by atoms with Crippen molar-refractivity contribution in [3.8, 4) is 5.75 Å². The second-order valence-electron chi connectivity index (χ2n) is 4.32. The van der Waals surface area contributed by atoms with Gasteiger partial charge in [-0.2, -0.15) is 0 Å². The number of ketones is 1. The van der Waals surface area contributed by atoms with Gasteiger partial charge in [-0.15, -0.1) is 17.0 Å². The number of carbonyl (C=O) groups excluding carboxylic acids is 1. The summed E-state index contributed by atoms with van der Waals surface area (Å²) in [6.45, 7) is 3.76. The molecule has 0 spiro atoms. The number of nitrogens with zero attached hydrogens (tertiary/aromatic N) is 2. The van der Waals surface area contributed by atoms with E-state index in [9.17, 15) is 4.79 Å². The van der Waals surface area contributed by atoms with E-state index < -0.39 is 0 Å². The minimum absolute atomic E-state index is 0. The van der Waals surface area contributed by atoms with Crippen molar-refractivity contribution in [2.45, 2.75) is 6.92 Å².